The first kappa shape index (κ1) is 19.3. The van der Waals surface area contributed by atoms with Crippen LogP contribution in [0, 0.1) is 11.7 Å². The molecule has 0 radical (unpaired) electrons. The molecule has 0 N–H and O–H groups in total. The summed E-state index contributed by atoms with van der Waals surface area (Å²) in [6, 6.07) is 6.42. The number of morpholine rings is 1. The first-order chi connectivity index (χ1) is 13.5. The maximum Gasteiger partial charge on any atom is 0.225 e. The van der Waals surface area contributed by atoms with Crippen molar-refractivity contribution in [1.82, 2.24) is 9.88 Å². The lowest BCUT2D eigenvalue weighted by molar-refractivity contribution is -0.148. The monoisotopic (exact) mass is 403 g/mol. The smallest absolute Gasteiger partial charge is 0.225 e. The molecule has 2 aliphatic rings. The van der Waals surface area contributed by atoms with Crippen molar-refractivity contribution in [1.29, 1.82) is 0 Å². The Bertz CT molecular complexity index is 807. The number of anilines is 1. The zero-order chi connectivity index (χ0) is 19.7. The number of thiazole rings is 1. The maximum absolute atomic E-state index is 13.1. The van der Waals surface area contributed by atoms with Crippen molar-refractivity contribution in [3.63, 3.8) is 0 Å². The van der Waals surface area contributed by atoms with Crippen LogP contribution in [0.5, 0.6) is 0 Å². The van der Waals surface area contributed by atoms with Crippen LogP contribution in [0.2, 0.25) is 0 Å². The number of benzene rings is 1. The number of hydrogen-bond acceptors (Lipinski definition) is 5. The van der Waals surface area contributed by atoms with Gasteiger partial charge in [-0.15, -0.1) is 11.3 Å². The zero-order valence-corrected chi connectivity index (χ0v) is 17.1. The highest BCUT2D eigenvalue weighted by atomic mass is 32.1. The van der Waals surface area contributed by atoms with E-state index in [1.54, 1.807) is 23.5 Å². The third kappa shape index (κ3) is 4.20. The minimum atomic E-state index is -0.241. The zero-order valence-electron chi connectivity index (χ0n) is 16.3. The number of piperidine rings is 1. The summed E-state index contributed by atoms with van der Waals surface area (Å²) in [4.78, 5) is 21.9. The van der Waals surface area contributed by atoms with Crippen molar-refractivity contribution in [2.75, 3.05) is 31.1 Å². The van der Waals surface area contributed by atoms with Gasteiger partial charge < -0.3 is 14.5 Å². The maximum atomic E-state index is 13.1. The van der Waals surface area contributed by atoms with E-state index in [1.165, 1.54) is 12.1 Å². The van der Waals surface area contributed by atoms with E-state index in [1.807, 2.05) is 24.1 Å². The molecule has 2 aromatic rings. The predicted octanol–water partition coefficient (Wildman–Crippen LogP) is 3.80. The van der Waals surface area contributed by atoms with Gasteiger partial charge in [0.05, 0.1) is 17.9 Å². The van der Waals surface area contributed by atoms with Gasteiger partial charge in [-0.1, -0.05) is 0 Å². The van der Waals surface area contributed by atoms with E-state index in [-0.39, 0.29) is 29.9 Å². The highest BCUT2D eigenvalue weighted by molar-refractivity contribution is 7.14. The summed E-state index contributed by atoms with van der Waals surface area (Å²) >= 11 is 1.60. The minimum absolute atomic E-state index is 0.0882. The number of rotatable bonds is 3. The van der Waals surface area contributed by atoms with Gasteiger partial charge >= 0.3 is 0 Å². The van der Waals surface area contributed by atoms with Gasteiger partial charge in [0, 0.05) is 43.0 Å². The Hall–Kier alpha value is -1.99. The summed E-state index contributed by atoms with van der Waals surface area (Å²) in [5, 5.41) is 2.98. The topological polar surface area (TPSA) is 45.7 Å². The minimum Gasteiger partial charge on any atom is -0.372 e. The molecule has 28 heavy (non-hydrogen) atoms. The van der Waals surface area contributed by atoms with E-state index in [0.717, 1.165) is 42.3 Å². The van der Waals surface area contributed by atoms with Crippen LogP contribution in [0.4, 0.5) is 9.52 Å². The first-order valence-corrected chi connectivity index (χ1v) is 10.8. The fraction of sp³-hybridized carbons (Fsp3) is 0.524. The highest BCUT2D eigenvalue weighted by Gasteiger charge is 2.33. The fourth-order valence-corrected chi connectivity index (χ4v) is 4.99. The van der Waals surface area contributed by atoms with Crippen molar-refractivity contribution < 1.29 is 13.9 Å². The summed E-state index contributed by atoms with van der Waals surface area (Å²) in [6.45, 7) is 7.11. The van der Waals surface area contributed by atoms with Gasteiger partial charge in [-0.25, -0.2) is 9.37 Å². The summed E-state index contributed by atoms with van der Waals surface area (Å²) in [5.41, 5.74) is 1.79. The summed E-state index contributed by atoms with van der Waals surface area (Å²) in [6.07, 6.45) is 1.91. The number of aromatic nitrogens is 1. The fourth-order valence-electron chi connectivity index (χ4n) is 4.10. The van der Waals surface area contributed by atoms with Gasteiger partial charge in [0.1, 0.15) is 5.82 Å². The third-order valence-electron chi connectivity index (χ3n) is 5.48. The van der Waals surface area contributed by atoms with E-state index in [9.17, 15) is 9.18 Å². The normalized spacial score (nSPS) is 23.8. The van der Waals surface area contributed by atoms with Gasteiger partial charge in [0.15, 0.2) is 5.13 Å². The van der Waals surface area contributed by atoms with Crippen molar-refractivity contribution in [3.8, 4) is 11.3 Å². The van der Waals surface area contributed by atoms with E-state index < -0.39 is 0 Å². The van der Waals surface area contributed by atoms with Crippen molar-refractivity contribution in [3.05, 3.63) is 35.5 Å². The van der Waals surface area contributed by atoms with Crippen LogP contribution in [-0.2, 0) is 9.53 Å². The molecule has 4 rings (SSSR count). The molecule has 0 saturated carbocycles. The quantitative estimate of drug-likeness (QED) is 0.782. The molecule has 3 heterocycles. The average molecular weight is 404 g/mol. The SMILES string of the molecule is CC1CN(C(=O)C2CCN(c3nc(-c4ccc(F)cc4)cs3)CC2)CC(C)O1. The molecule has 7 heteroatoms. The Kier molecular flexibility index (Phi) is 5.64. The lowest BCUT2D eigenvalue weighted by Gasteiger charge is -2.39. The Morgan fingerprint density at radius 3 is 2.43 bits per heavy atom. The van der Waals surface area contributed by atoms with Crippen LogP contribution < -0.4 is 4.90 Å². The summed E-state index contributed by atoms with van der Waals surface area (Å²) in [7, 11) is 0. The van der Waals surface area contributed by atoms with E-state index in [4.69, 9.17) is 9.72 Å². The van der Waals surface area contributed by atoms with Crippen LogP contribution in [-0.4, -0.2) is 54.2 Å². The molecule has 2 saturated heterocycles. The second-order valence-corrected chi connectivity index (χ2v) is 8.62. The number of ether oxygens (including phenoxy) is 1. The molecule has 2 unspecified atom stereocenters. The second-order valence-electron chi connectivity index (χ2n) is 7.78. The molecular formula is C21H26FN3O2S. The van der Waals surface area contributed by atoms with E-state index >= 15 is 0 Å². The van der Waals surface area contributed by atoms with Gasteiger partial charge in [0.2, 0.25) is 5.91 Å². The lowest BCUT2D eigenvalue weighted by Crippen LogP contribution is -2.51. The second kappa shape index (κ2) is 8.17. The van der Waals surface area contributed by atoms with E-state index in [2.05, 4.69) is 4.90 Å². The predicted molar refractivity (Wildman–Crippen MR) is 109 cm³/mol. The Morgan fingerprint density at radius 1 is 1.14 bits per heavy atom. The Morgan fingerprint density at radius 2 is 1.79 bits per heavy atom. The molecule has 1 aromatic heterocycles. The van der Waals surface area contributed by atoms with Crippen molar-refractivity contribution in [2.24, 2.45) is 5.92 Å². The standard InChI is InChI=1S/C21H26FN3O2S/c1-14-11-25(12-15(2)27-14)20(26)17-7-9-24(10-8-17)21-23-19(13-28-21)16-3-5-18(22)6-4-16/h3-6,13-15,17H,7-12H2,1-2H3. The molecule has 0 aliphatic carbocycles. The molecule has 2 aliphatic heterocycles. The average Bonchev–Trinajstić information content (AvgIpc) is 3.17. The van der Waals surface area contributed by atoms with Crippen LogP contribution in [0.1, 0.15) is 26.7 Å². The Labute approximate surface area is 169 Å². The molecule has 5 nitrogen and oxygen atoms in total. The molecule has 1 amide bonds. The first-order valence-electron chi connectivity index (χ1n) is 9.90. The number of carbonyl (C=O) groups is 1. The highest BCUT2D eigenvalue weighted by Crippen LogP contribution is 2.31. The van der Waals surface area contributed by atoms with Crippen molar-refractivity contribution >= 4 is 22.4 Å². The number of amides is 1. The number of nitrogens with zero attached hydrogens (tertiary/aromatic N) is 3. The molecule has 150 valence electrons. The summed E-state index contributed by atoms with van der Waals surface area (Å²) < 4.78 is 18.9. The molecule has 1 aromatic carbocycles. The number of hydrogen-bond donors (Lipinski definition) is 0. The summed E-state index contributed by atoms with van der Waals surface area (Å²) in [5.74, 6) is 0.119. The van der Waals surface area contributed by atoms with Gasteiger partial charge in [-0.3, -0.25) is 4.79 Å². The molecule has 2 fully saturated rings. The van der Waals surface area contributed by atoms with E-state index in [0.29, 0.717) is 13.1 Å². The van der Waals surface area contributed by atoms with Crippen LogP contribution in [0.15, 0.2) is 29.6 Å². The molecule has 2 atom stereocenters. The third-order valence-corrected chi connectivity index (χ3v) is 6.38. The Balaban J connectivity index is 1.35. The lowest BCUT2D eigenvalue weighted by atomic mass is 9.95. The van der Waals surface area contributed by atoms with Crippen molar-refractivity contribution in [2.45, 2.75) is 38.9 Å². The van der Waals surface area contributed by atoms with Crippen LogP contribution in [0.25, 0.3) is 11.3 Å². The number of carbonyl (C=O) groups excluding carboxylic acids is 1. The molecule has 0 bridgehead atoms. The van der Waals surface area contributed by atoms with Crippen LogP contribution >= 0.6 is 11.3 Å². The number of halogens is 1. The van der Waals surface area contributed by atoms with Crippen LogP contribution in [0.3, 0.4) is 0 Å². The van der Waals surface area contributed by atoms with Gasteiger partial charge in [-0.2, -0.15) is 0 Å². The van der Waals surface area contributed by atoms with Gasteiger partial charge in [-0.05, 0) is 51.0 Å². The molecule has 0 spiro atoms. The van der Waals surface area contributed by atoms with Gasteiger partial charge in [0.25, 0.3) is 0 Å². The molecular weight excluding hydrogens is 377 g/mol. The largest absolute Gasteiger partial charge is 0.372 e.